The van der Waals surface area contributed by atoms with Crippen molar-refractivity contribution in [3.63, 3.8) is 0 Å². The molecule has 1 unspecified atom stereocenters. The van der Waals surface area contributed by atoms with Crippen LogP contribution in [0.5, 0.6) is 0 Å². The number of likely N-dealkylation sites (N-methyl/N-ethyl adjacent to an activating group) is 1. The summed E-state index contributed by atoms with van der Waals surface area (Å²) in [6.45, 7) is 0.663. The molecule has 2 N–H and O–H groups in total. The summed E-state index contributed by atoms with van der Waals surface area (Å²) in [6, 6.07) is 2.47. The van der Waals surface area contributed by atoms with Crippen LogP contribution >= 0.6 is 27.3 Å². The van der Waals surface area contributed by atoms with E-state index in [4.69, 9.17) is 5.73 Å². The molecule has 0 saturated carbocycles. The van der Waals surface area contributed by atoms with Crippen molar-refractivity contribution in [1.82, 2.24) is 4.90 Å². The van der Waals surface area contributed by atoms with Gasteiger partial charge in [0.15, 0.2) is 0 Å². The van der Waals surface area contributed by atoms with E-state index in [9.17, 15) is 0 Å². The lowest BCUT2D eigenvalue weighted by molar-refractivity contribution is 0.306. The molecule has 0 spiro atoms. The molecule has 1 heterocycles. The summed E-state index contributed by atoms with van der Waals surface area (Å²) in [6.07, 6.45) is 0. The molecule has 4 heteroatoms. The second-order valence-corrected chi connectivity index (χ2v) is 5.19. The van der Waals surface area contributed by atoms with Crippen LogP contribution in [0.25, 0.3) is 0 Å². The predicted octanol–water partition coefficient (Wildman–Crippen LogP) is 2.07. The normalized spacial score (nSPS) is 13.8. The Kier molecular flexibility index (Phi) is 3.71. The predicted molar refractivity (Wildman–Crippen MR) is 57.5 cm³/mol. The van der Waals surface area contributed by atoms with Crippen LogP contribution < -0.4 is 5.73 Å². The third kappa shape index (κ3) is 2.29. The molecule has 0 fully saturated rings. The fourth-order valence-corrected chi connectivity index (χ4v) is 2.37. The Hall–Kier alpha value is 0.100. The van der Waals surface area contributed by atoms with Crippen LogP contribution in [0.15, 0.2) is 15.2 Å². The lowest BCUT2D eigenvalue weighted by Crippen LogP contribution is -2.26. The van der Waals surface area contributed by atoms with Gasteiger partial charge in [-0.3, -0.25) is 0 Å². The van der Waals surface area contributed by atoms with Crippen LogP contribution in [-0.4, -0.2) is 25.5 Å². The molecule has 1 aromatic rings. The minimum Gasteiger partial charge on any atom is -0.329 e. The number of hydrogen-bond donors (Lipinski definition) is 1. The number of nitrogens with zero attached hydrogens (tertiary/aromatic N) is 1. The van der Waals surface area contributed by atoms with Crippen molar-refractivity contribution in [2.24, 2.45) is 5.73 Å². The number of nitrogens with two attached hydrogens (primary N) is 1. The van der Waals surface area contributed by atoms with Crippen molar-refractivity contribution in [3.8, 4) is 0 Å². The molecule has 0 aliphatic rings. The van der Waals surface area contributed by atoms with Gasteiger partial charge in [-0.25, -0.2) is 0 Å². The van der Waals surface area contributed by atoms with E-state index in [0.29, 0.717) is 12.6 Å². The zero-order chi connectivity index (χ0) is 9.14. The fraction of sp³-hybridized carbons (Fsp3) is 0.500. The minimum atomic E-state index is 0.340. The Balaban J connectivity index is 2.80. The van der Waals surface area contributed by atoms with E-state index >= 15 is 0 Å². The molecular weight excluding hydrogens is 236 g/mol. The minimum absolute atomic E-state index is 0.340. The summed E-state index contributed by atoms with van der Waals surface area (Å²) in [5.41, 5.74) is 6.95. The first-order valence-electron chi connectivity index (χ1n) is 3.75. The highest BCUT2D eigenvalue weighted by molar-refractivity contribution is 9.11. The first-order chi connectivity index (χ1) is 5.65. The van der Waals surface area contributed by atoms with Gasteiger partial charge in [0.25, 0.3) is 0 Å². The van der Waals surface area contributed by atoms with Crippen LogP contribution in [0.4, 0.5) is 0 Å². The van der Waals surface area contributed by atoms with Gasteiger partial charge in [-0.1, -0.05) is 0 Å². The number of halogens is 1. The van der Waals surface area contributed by atoms with Crippen molar-refractivity contribution >= 4 is 27.3 Å². The van der Waals surface area contributed by atoms with Crippen molar-refractivity contribution in [3.05, 3.63) is 20.8 Å². The van der Waals surface area contributed by atoms with Gasteiger partial charge in [-0.05, 0) is 47.0 Å². The van der Waals surface area contributed by atoms with E-state index in [2.05, 4.69) is 32.3 Å². The van der Waals surface area contributed by atoms with E-state index in [-0.39, 0.29) is 0 Å². The zero-order valence-corrected chi connectivity index (χ0v) is 9.65. The SMILES string of the molecule is CN(C)C(CN)c1csc(Br)c1. The van der Waals surface area contributed by atoms with E-state index in [0.717, 1.165) is 3.79 Å². The summed E-state index contributed by atoms with van der Waals surface area (Å²) >= 11 is 5.14. The summed E-state index contributed by atoms with van der Waals surface area (Å²) in [7, 11) is 4.09. The fourth-order valence-electron chi connectivity index (χ4n) is 1.14. The zero-order valence-electron chi connectivity index (χ0n) is 7.25. The van der Waals surface area contributed by atoms with Gasteiger partial charge in [-0.15, -0.1) is 11.3 Å². The molecule has 1 aromatic heterocycles. The highest BCUT2D eigenvalue weighted by Gasteiger charge is 2.12. The molecule has 0 amide bonds. The second kappa shape index (κ2) is 4.37. The molecule has 2 nitrogen and oxygen atoms in total. The molecule has 1 rings (SSSR count). The largest absolute Gasteiger partial charge is 0.329 e. The van der Waals surface area contributed by atoms with Gasteiger partial charge in [0.05, 0.1) is 3.79 Å². The number of rotatable bonds is 3. The highest BCUT2D eigenvalue weighted by atomic mass is 79.9. The van der Waals surface area contributed by atoms with Crippen LogP contribution in [-0.2, 0) is 0 Å². The first-order valence-corrected chi connectivity index (χ1v) is 5.43. The molecule has 0 bridgehead atoms. The Morgan fingerprint density at radius 1 is 1.67 bits per heavy atom. The molecule has 68 valence electrons. The summed E-state index contributed by atoms with van der Waals surface area (Å²) in [5, 5.41) is 2.14. The van der Waals surface area contributed by atoms with Gasteiger partial charge >= 0.3 is 0 Å². The van der Waals surface area contributed by atoms with Crippen molar-refractivity contribution in [2.75, 3.05) is 20.6 Å². The highest BCUT2D eigenvalue weighted by Crippen LogP contribution is 2.26. The standard InChI is InChI=1S/C8H13BrN2S/c1-11(2)7(4-10)6-3-8(9)12-5-6/h3,5,7H,4,10H2,1-2H3. The number of thiophene rings is 1. The van der Waals surface area contributed by atoms with Gasteiger partial charge in [0.2, 0.25) is 0 Å². The Morgan fingerprint density at radius 2 is 2.33 bits per heavy atom. The monoisotopic (exact) mass is 248 g/mol. The maximum Gasteiger partial charge on any atom is 0.0701 e. The van der Waals surface area contributed by atoms with E-state index in [1.807, 2.05) is 14.1 Å². The van der Waals surface area contributed by atoms with Crippen molar-refractivity contribution < 1.29 is 0 Å². The molecule has 0 aliphatic carbocycles. The van der Waals surface area contributed by atoms with Gasteiger partial charge in [-0.2, -0.15) is 0 Å². The average Bonchev–Trinajstić information content (AvgIpc) is 2.37. The average molecular weight is 249 g/mol. The molecule has 12 heavy (non-hydrogen) atoms. The Labute approximate surface area is 85.5 Å². The lowest BCUT2D eigenvalue weighted by Gasteiger charge is -2.21. The van der Waals surface area contributed by atoms with Crippen molar-refractivity contribution in [2.45, 2.75) is 6.04 Å². The smallest absolute Gasteiger partial charge is 0.0701 e. The summed E-state index contributed by atoms with van der Waals surface area (Å²) < 4.78 is 1.16. The van der Waals surface area contributed by atoms with Crippen LogP contribution in [0.2, 0.25) is 0 Å². The summed E-state index contributed by atoms with van der Waals surface area (Å²) in [4.78, 5) is 2.13. The first kappa shape index (κ1) is 10.2. The molecule has 0 aliphatic heterocycles. The number of hydrogen-bond acceptors (Lipinski definition) is 3. The third-order valence-electron chi connectivity index (χ3n) is 1.82. The Morgan fingerprint density at radius 3 is 2.67 bits per heavy atom. The molecule has 0 radical (unpaired) electrons. The third-order valence-corrected chi connectivity index (χ3v) is 3.34. The second-order valence-electron chi connectivity index (χ2n) is 2.90. The molecule has 0 saturated heterocycles. The van der Waals surface area contributed by atoms with Gasteiger partial charge in [0.1, 0.15) is 0 Å². The quantitative estimate of drug-likeness (QED) is 0.888. The van der Waals surface area contributed by atoms with Crippen molar-refractivity contribution in [1.29, 1.82) is 0 Å². The summed E-state index contributed by atoms with van der Waals surface area (Å²) in [5.74, 6) is 0. The Bertz CT molecular complexity index is 247. The van der Waals surface area contributed by atoms with E-state index < -0.39 is 0 Å². The maximum absolute atomic E-state index is 5.66. The van der Waals surface area contributed by atoms with Crippen LogP contribution in [0.1, 0.15) is 11.6 Å². The molecule has 0 aromatic carbocycles. The van der Waals surface area contributed by atoms with E-state index in [1.165, 1.54) is 5.56 Å². The van der Waals surface area contributed by atoms with Crippen LogP contribution in [0, 0.1) is 0 Å². The lowest BCUT2D eigenvalue weighted by atomic mass is 10.1. The van der Waals surface area contributed by atoms with Gasteiger partial charge < -0.3 is 10.6 Å². The van der Waals surface area contributed by atoms with E-state index in [1.54, 1.807) is 11.3 Å². The van der Waals surface area contributed by atoms with Crippen LogP contribution in [0.3, 0.4) is 0 Å². The maximum atomic E-state index is 5.66. The van der Waals surface area contributed by atoms with Gasteiger partial charge in [0, 0.05) is 12.6 Å². The topological polar surface area (TPSA) is 29.3 Å². The molecule has 1 atom stereocenters. The molecular formula is C8H13BrN2S.